The molecule has 0 saturated carbocycles. The second-order valence-electron chi connectivity index (χ2n) is 5.75. The van der Waals surface area contributed by atoms with Crippen molar-refractivity contribution in [2.45, 2.75) is 12.5 Å². The molecule has 0 aliphatic rings. The van der Waals surface area contributed by atoms with Crippen LogP contribution in [0, 0.1) is 0 Å². The van der Waals surface area contributed by atoms with E-state index in [0.29, 0.717) is 6.61 Å². The Morgan fingerprint density at radius 1 is 0.750 bits per heavy atom. The van der Waals surface area contributed by atoms with E-state index >= 15 is 0 Å². The van der Waals surface area contributed by atoms with Crippen LogP contribution in [0.4, 0.5) is 0 Å². The Bertz CT molecular complexity index is 747. The fourth-order valence-electron chi connectivity index (χ4n) is 2.99. The van der Waals surface area contributed by atoms with Gasteiger partial charge in [-0.25, -0.2) is 0 Å². The Balaban J connectivity index is 2.15. The molecule has 0 fully saturated rings. The molecule has 3 aromatic rings. The molecule has 0 aliphatic heterocycles. The molecule has 122 valence electrons. The average molecular weight is 320 g/mol. The van der Waals surface area contributed by atoms with E-state index in [0.717, 1.165) is 22.3 Å². The van der Waals surface area contributed by atoms with Gasteiger partial charge >= 0.3 is 0 Å². The van der Waals surface area contributed by atoms with Gasteiger partial charge in [0.1, 0.15) is 11.5 Å². The fraction of sp³-hybridized carbons (Fsp3) is 0.143. The number of phenolic OH excluding ortho intramolecular Hbond substituents is 2. The van der Waals surface area contributed by atoms with Crippen LogP contribution in [0.2, 0.25) is 0 Å². The molecule has 3 rings (SSSR count). The first-order valence-corrected chi connectivity index (χ1v) is 7.83. The van der Waals surface area contributed by atoms with Gasteiger partial charge < -0.3 is 14.9 Å². The molecule has 0 heterocycles. The normalized spacial score (nSPS) is 10.9. The zero-order chi connectivity index (χ0) is 16.9. The molecule has 3 aromatic carbocycles. The van der Waals surface area contributed by atoms with Crippen molar-refractivity contribution >= 4 is 0 Å². The Morgan fingerprint density at radius 3 is 1.75 bits per heavy atom. The quantitative estimate of drug-likeness (QED) is 0.684. The van der Waals surface area contributed by atoms with Crippen molar-refractivity contribution in [2.75, 3.05) is 7.11 Å². The molecule has 2 N–H and O–H groups in total. The highest BCUT2D eigenvalue weighted by Crippen LogP contribution is 2.35. The first kappa shape index (κ1) is 16.1. The van der Waals surface area contributed by atoms with Gasteiger partial charge in [0.25, 0.3) is 0 Å². The number of ether oxygens (including phenoxy) is 1. The third kappa shape index (κ3) is 3.42. The van der Waals surface area contributed by atoms with Crippen LogP contribution in [0.3, 0.4) is 0 Å². The van der Waals surface area contributed by atoms with E-state index in [4.69, 9.17) is 4.74 Å². The molecule has 0 amide bonds. The molecular weight excluding hydrogens is 300 g/mol. The lowest BCUT2D eigenvalue weighted by molar-refractivity contribution is 0.184. The van der Waals surface area contributed by atoms with E-state index in [9.17, 15) is 10.2 Å². The Kier molecular flexibility index (Phi) is 4.82. The summed E-state index contributed by atoms with van der Waals surface area (Å²) >= 11 is 0. The molecule has 0 bridgehead atoms. The van der Waals surface area contributed by atoms with Crippen LogP contribution >= 0.6 is 0 Å². The SMILES string of the molecule is COCc1ccccc1C(c1ccc(O)cc1)c1ccc(O)cc1. The number of methoxy groups -OCH3 is 1. The van der Waals surface area contributed by atoms with Crippen molar-refractivity contribution in [3.63, 3.8) is 0 Å². The van der Waals surface area contributed by atoms with Gasteiger partial charge in [-0.05, 0) is 46.5 Å². The zero-order valence-corrected chi connectivity index (χ0v) is 13.5. The smallest absolute Gasteiger partial charge is 0.115 e. The first-order valence-electron chi connectivity index (χ1n) is 7.83. The van der Waals surface area contributed by atoms with Gasteiger partial charge in [0.15, 0.2) is 0 Å². The summed E-state index contributed by atoms with van der Waals surface area (Å²) in [5.74, 6) is 0.485. The van der Waals surface area contributed by atoms with E-state index < -0.39 is 0 Å². The van der Waals surface area contributed by atoms with Gasteiger partial charge in [0.05, 0.1) is 6.61 Å². The molecule has 0 saturated heterocycles. The van der Waals surface area contributed by atoms with Crippen molar-refractivity contribution in [1.29, 1.82) is 0 Å². The first-order chi connectivity index (χ1) is 11.7. The number of aromatic hydroxyl groups is 2. The van der Waals surface area contributed by atoms with E-state index in [1.165, 1.54) is 0 Å². The standard InChI is InChI=1S/C21H20O3/c1-24-14-17-4-2-3-5-20(17)21(15-6-10-18(22)11-7-15)16-8-12-19(23)13-9-16/h2-13,21-23H,14H2,1H3. The summed E-state index contributed by atoms with van der Waals surface area (Å²) in [5.41, 5.74) is 4.41. The maximum Gasteiger partial charge on any atom is 0.115 e. The van der Waals surface area contributed by atoms with E-state index in [-0.39, 0.29) is 17.4 Å². The molecule has 3 heteroatoms. The number of benzene rings is 3. The van der Waals surface area contributed by atoms with Gasteiger partial charge in [-0.15, -0.1) is 0 Å². The minimum atomic E-state index is -0.00227. The Hall–Kier alpha value is -2.78. The van der Waals surface area contributed by atoms with Gasteiger partial charge in [-0.3, -0.25) is 0 Å². The number of hydrogen-bond acceptors (Lipinski definition) is 3. The molecular formula is C21H20O3. The van der Waals surface area contributed by atoms with Crippen molar-refractivity contribution in [3.05, 3.63) is 95.1 Å². The lowest BCUT2D eigenvalue weighted by Gasteiger charge is -2.22. The van der Waals surface area contributed by atoms with Crippen LogP contribution in [-0.2, 0) is 11.3 Å². The largest absolute Gasteiger partial charge is 0.508 e. The number of rotatable bonds is 5. The van der Waals surface area contributed by atoms with Crippen molar-refractivity contribution in [3.8, 4) is 11.5 Å². The molecule has 0 aromatic heterocycles. The Morgan fingerprint density at radius 2 is 1.25 bits per heavy atom. The lowest BCUT2D eigenvalue weighted by atomic mass is 9.83. The Labute approximate surface area is 141 Å². The summed E-state index contributed by atoms with van der Waals surface area (Å²) in [5, 5.41) is 19.2. The van der Waals surface area contributed by atoms with Gasteiger partial charge in [0.2, 0.25) is 0 Å². The molecule has 24 heavy (non-hydrogen) atoms. The minimum absolute atomic E-state index is 0.00227. The summed E-state index contributed by atoms with van der Waals surface area (Å²) in [7, 11) is 1.69. The maximum atomic E-state index is 9.60. The van der Waals surface area contributed by atoms with Crippen LogP contribution in [0.5, 0.6) is 11.5 Å². The third-order valence-electron chi connectivity index (χ3n) is 4.12. The molecule has 0 unspecified atom stereocenters. The van der Waals surface area contributed by atoms with Crippen LogP contribution in [0.15, 0.2) is 72.8 Å². The second kappa shape index (κ2) is 7.20. The van der Waals surface area contributed by atoms with Crippen LogP contribution in [0.1, 0.15) is 28.2 Å². The van der Waals surface area contributed by atoms with Crippen LogP contribution in [-0.4, -0.2) is 17.3 Å². The summed E-state index contributed by atoms with van der Waals surface area (Å²) in [6.45, 7) is 0.531. The highest BCUT2D eigenvalue weighted by atomic mass is 16.5. The third-order valence-corrected chi connectivity index (χ3v) is 4.12. The molecule has 3 nitrogen and oxygen atoms in total. The van der Waals surface area contributed by atoms with Crippen molar-refractivity contribution in [2.24, 2.45) is 0 Å². The molecule has 0 spiro atoms. The monoisotopic (exact) mass is 320 g/mol. The minimum Gasteiger partial charge on any atom is -0.508 e. The van der Waals surface area contributed by atoms with Gasteiger partial charge in [-0.1, -0.05) is 48.5 Å². The maximum absolute atomic E-state index is 9.60. The number of phenols is 2. The summed E-state index contributed by atoms with van der Waals surface area (Å²) < 4.78 is 5.35. The van der Waals surface area contributed by atoms with Crippen molar-refractivity contribution in [1.82, 2.24) is 0 Å². The predicted molar refractivity (Wildman–Crippen MR) is 94.3 cm³/mol. The van der Waals surface area contributed by atoms with Crippen LogP contribution in [0.25, 0.3) is 0 Å². The van der Waals surface area contributed by atoms with E-state index in [2.05, 4.69) is 12.1 Å². The number of hydrogen-bond donors (Lipinski definition) is 2. The van der Waals surface area contributed by atoms with E-state index in [1.807, 2.05) is 36.4 Å². The summed E-state index contributed by atoms with van der Waals surface area (Å²) in [6, 6.07) is 22.7. The highest BCUT2D eigenvalue weighted by Gasteiger charge is 2.19. The van der Waals surface area contributed by atoms with E-state index in [1.54, 1.807) is 31.4 Å². The summed E-state index contributed by atoms with van der Waals surface area (Å²) in [4.78, 5) is 0. The van der Waals surface area contributed by atoms with Gasteiger partial charge in [-0.2, -0.15) is 0 Å². The van der Waals surface area contributed by atoms with Crippen molar-refractivity contribution < 1.29 is 14.9 Å². The fourth-order valence-corrected chi connectivity index (χ4v) is 2.99. The average Bonchev–Trinajstić information content (AvgIpc) is 2.60. The second-order valence-corrected chi connectivity index (χ2v) is 5.75. The topological polar surface area (TPSA) is 49.7 Å². The highest BCUT2D eigenvalue weighted by molar-refractivity contribution is 5.48. The molecule has 0 aliphatic carbocycles. The molecule has 0 radical (unpaired) electrons. The molecule has 0 atom stereocenters. The zero-order valence-electron chi connectivity index (χ0n) is 13.5. The van der Waals surface area contributed by atoms with Gasteiger partial charge in [0, 0.05) is 13.0 Å². The summed E-state index contributed by atoms with van der Waals surface area (Å²) in [6.07, 6.45) is 0. The predicted octanol–water partition coefficient (Wildman–Crippen LogP) is 4.42. The lowest BCUT2D eigenvalue weighted by Crippen LogP contribution is -2.07. The van der Waals surface area contributed by atoms with Crippen LogP contribution < -0.4 is 0 Å².